The molecule has 152 valence electrons. The van der Waals surface area contributed by atoms with Crippen LogP contribution in [-0.2, 0) is 17.6 Å². The largest absolute Gasteiger partial charge is 0.391 e. The third kappa shape index (κ3) is 4.54. The quantitative estimate of drug-likeness (QED) is 0.680. The highest BCUT2D eigenvalue weighted by Gasteiger charge is 2.46. The van der Waals surface area contributed by atoms with Crippen molar-refractivity contribution in [3.63, 3.8) is 0 Å². The van der Waals surface area contributed by atoms with E-state index in [1.54, 1.807) is 6.07 Å². The highest BCUT2D eigenvalue weighted by atomic mass is 35.5. The lowest BCUT2D eigenvalue weighted by Gasteiger charge is -2.23. The van der Waals surface area contributed by atoms with Crippen LogP contribution in [-0.4, -0.2) is 50.4 Å². The van der Waals surface area contributed by atoms with Crippen LogP contribution in [0.4, 0.5) is 0 Å². The number of likely N-dealkylation sites (N-methyl/N-ethyl adjacent to an activating group) is 1. The van der Waals surface area contributed by atoms with Gasteiger partial charge in [-0.2, -0.15) is 0 Å². The van der Waals surface area contributed by atoms with Gasteiger partial charge in [0, 0.05) is 22.9 Å². The van der Waals surface area contributed by atoms with Gasteiger partial charge in [0.15, 0.2) is 0 Å². The van der Waals surface area contributed by atoms with Crippen LogP contribution < -0.4 is 5.32 Å². The fourth-order valence-electron chi connectivity index (χ4n) is 4.04. The van der Waals surface area contributed by atoms with Crippen LogP contribution in [0.3, 0.4) is 0 Å². The van der Waals surface area contributed by atoms with Crippen molar-refractivity contribution in [3.8, 4) is 0 Å². The van der Waals surface area contributed by atoms with Crippen molar-refractivity contribution >= 4 is 23.2 Å². The molecule has 28 heavy (non-hydrogen) atoms. The molecule has 4 nitrogen and oxygen atoms in total. The topological polar surface area (TPSA) is 48.0 Å². The van der Waals surface area contributed by atoms with Crippen molar-refractivity contribution in [1.82, 2.24) is 10.2 Å². The van der Waals surface area contributed by atoms with E-state index in [1.165, 1.54) is 11.1 Å². The zero-order chi connectivity index (χ0) is 20.4. The summed E-state index contributed by atoms with van der Waals surface area (Å²) in [5.74, 6) is 0. The fourth-order valence-corrected chi connectivity index (χ4v) is 4.63. The number of nitrogens with one attached hydrogen (secondary N) is 1. The van der Waals surface area contributed by atoms with Crippen molar-refractivity contribution in [3.05, 3.63) is 68.7 Å². The maximum Gasteiger partial charge on any atom is 0.110 e. The number of rotatable bonds is 1. The standard InChI is InChI=1S/C11H13Cl2NO.C9H8O.C2H7N/c1-14(2)11-8-3-6(12)4-9(13)7(8)5-10(11)15;1-2-4-7-6(3-1)5-8-9(7)10-8;1-3-2/h3-4,10-11,15H,5H2,1-2H3;1-4,8-9H,5H2;3H,1-2H3/t10-,11-;8-,9+;/m11./s1. The van der Waals surface area contributed by atoms with Crippen LogP contribution in [0.5, 0.6) is 0 Å². The average molecular weight is 423 g/mol. The molecule has 1 saturated heterocycles. The first-order valence-corrected chi connectivity index (χ1v) is 10.3. The summed E-state index contributed by atoms with van der Waals surface area (Å²) in [6.07, 6.45) is 2.36. The molecule has 3 aliphatic rings. The number of nitrogens with zero attached hydrogens (tertiary/aromatic N) is 1. The molecule has 1 aliphatic heterocycles. The number of fused-ring (bicyclic) bond motifs is 4. The SMILES string of the molecule is CN(C)[C@@H]1c2cc(Cl)cc(Cl)c2C[C@H]1O.CNC.c1ccc2c(c1)C[C@H]1O[C@@H]21. The third-order valence-corrected chi connectivity index (χ3v) is 5.77. The first-order valence-electron chi connectivity index (χ1n) is 9.51. The van der Waals surface area contributed by atoms with Crippen molar-refractivity contribution < 1.29 is 9.84 Å². The Morgan fingerprint density at radius 1 is 1.07 bits per heavy atom. The summed E-state index contributed by atoms with van der Waals surface area (Å²) in [4.78, 5) is 1.99. The molecule has 1 heterocycles. The van der Waals surface area contributed by atoms with Gasteiger partial charge in [-0.3, -0.25) is 0 Å². The molecule has 2 aliphatic carbocycles. The molecular formula is C22H28Cl2N2O2. The number of hydrogen-bond donors (Lipinski definition) is 2. The lowest BCUT2D eigenvalue weighted by Crippen LogP contribution is -2.27. The number of epoxide rings is 1. The van der Waals surface area contributed by atoms with E-state index in [2.05, 4.69) is 29.6 Å². The summed E-state index contributed by atoms with van der Waals surface area (Å²) >= 11 is 12.1. The normalized spacial score (nSPS) is 25.7. The minimum atomic E-state index is -0.397. The Hall–Kier alpha value is -1.14. The summed E-state index contributed by atoms with van der Waals surface area (Å²) in [7, 11) is 7.63. The number of benzene rings is 2. The van der Waals surface area contributed by atoms with E-state index in [4.69, 9.17) is 27.9 Å². The van der Waals surface area contributed by atoms with Crippen molar-refractivity contribution in [1.29, 1.82) is 0 Å². The monoisotopic (exact) mass is 422 g/mol. The molecule has 1 fully saturated rings. The molecule has 0 saturated carbocycles. The highest BCUT2D eigenvalue weighted by Crippen LogP contribution is 2.48. The van der Waals surface area contributed by atoms with Gasteiger partial charge in [0.2, 0.25) is 0 Å². The van der Waals surface area contributed by atoms with Gasteiger partial charge >= 0.3 is 0 Å². The molecule has 0 amide bonds. The predicted molar refractivity (Wildman–Crippen MR) is 115 cm³/mol. The Labute approximate surface area is 177 Å². The van der Waals surface area contributed by atoms with Crippen LogP contribution in [0.1, 0.15) is 34.4 Å². The van der Waals surface area contributed by atoms with E-state index in [9.17, 15) is 5.11 Å². The van der Waals surface area contributed by atoms with Crippen molar-refractivity contribution in [2.75, 3.05) is 28.2 Å². The van der Waals surface area contributed by atoms with Crippen LogP contribution >= 0.6 is 23.2 Å². The van der Waals surface area contributed by atoms with E-state index in [-0.39, 0.29) is 6.04 Å². The summed E-state index contributed by atoms with van der Waals surface area (Å²) in [6.45, 7) is 0. The molecular weight excluding hydrogens is 395 g/mol. The van der Waals surface area contributed by atoms with Gasteiger partial charge in [-0.05, 0) is 62.6 Å². The molecule has 5 rings (SSSR count). The first-order chi connectivity index (χ1) is 13.4. The molecule has 0 radical (unpaired) electrons. The molecule has 2 aromatic carbocycles. The summed E-state index contributed by atoms with van der Waals surface area (Å²) < 4.78 is 5.38. The number of aliphatic hydroxyl groups excluding tert-OH is 1. The first kappa shape index (κ1) is 21.6. The Morgan fingerprint density at radius 2 is 1.75 bits per heavy atom. The second kappa shape index (κ2) is 9.12. The molecule has 0 bridgehead atoms. The summed E-state index contributed by atoms with van der Waals surface area (Å²) in [5, 5.41) is 14.0. The maximum atomic E-state index is 9.95. The fraction of sp³-hybridized carbons (Fsp3) is 0.455. The van der Waals surface area contributed by atoms with Gasteiger partial charge in [0.05, 0.1) is 18.2 Å². The predicted octanol–water partition coefficient (Wildman–Crippen LogP) is 4.03. The zero-order valence-corrected chi connectivity index (χ0v) is 18.3. The second-order valence-electron chi connectivity index (χ2n) is 7.63. The number of halogens is 2. The van der Waals surface area contributed by atoms with Gasteiger partial charge in [-0.25, -0.2) is 0 Å². The number of aliphatic hydroxyl groups is 1. The van der Waals surface area contributed by atoms with E-state index in [0.717, 1.165) is 17.5 Å². The zero-order valence-electron chi connectivity index (χ0n) is 16.7. The van der Waals surface area contributed by atoms with E-state index < -0.39 is 6.10 Å². The molecule has 6 heteroatoms. The maximum absolute atomic E-state index is 9.95. The van der Waals surface area contributed by atoms with Crippen LogP contribution in [0.2, 0.25) is 10.0 Å². The van der Waals surface area contributed by atoms with Gasteiger partial charge in [0.1, 0.15) is 6.10 Å². The molecule has 0 unspecified atom stereocenters. The van der Waals surface area contributed by atoms with Gasteiger partial charge < -0.3 is 20.1 Å². The number of ether oxygens (including phenoxy) is 1. The molecule has 4 atom stereocenters. The highest BCUT2D eigenvalue weighted by molar-refractivity contribution is 6.35. The molecule has 0 aromatic heterocycles. The lowest BCUT2D eigenvalue weighted by molar-refractivity contribution is 0.0902. The Kier molecular flexibility index (Phi) is 7.02. The molecule has 2 N–H and O–H groups in total. The van der Waals surface area contributed by atoms with Crippen LogP contribution in [0, 0.1) is 0 Å². The Balaban J connectivity index is 0.000000148. The number of hydrogen-bond acceptors (Lipinski definition) is 4. The minimum Gasteiger partial charge on any atom is -0.391 e. The van der Waals surface area contributed by atoms with E-state index >= 15 is 0 Å². The summed E-state index contributed by atoms with van der Waals surface area (Å²) in [5.41, 5.74) is 4.98. The molecule has 2 aromatic rings. The smallest absolute Gasteiger partial charge is 0.110 e. The second-order valence-corrected chi connectivity index (χ2v) is 8.48. The van der Waals surface area contributed by atoms with Gasteiger partial charge in [-0.1, -0.05) is 47.5 Å². The minimum absolute atomic E-state index is 0.00352. The Bertz CT molecular complexity index is 828. The Morgan fingerprint density at radius 3 is 2.39 bits per heavy atom. The van der Waals surface area contributed by atoms with Gasteiger partial charge in [0.25, 0.3) is 0 Å². The third-order valence-electron chi connectivity index (χ3n) is 5.21. The lowest BCUT2D eigenvalue weighted by atomic mass is 10.1. The van der Waals surface area contributed by atoms with Crippen LogP contribution in [0.25, 0.3) is 0 Å². The van der Waals surface area contributed by atoms with E-state index in [1.807, 2.05) is 39.2 Å². The van der Waals surface area contributed by atoms with Gasteiger partial charge in [-0.15, -0.1) is 0 Å². The van der Waals surface area contributed by atoms with Crippen LogP contribution in [0.15, 0.2) is 36.4 Å². The van der Waals surface area contributed by atoms with E-state index in [0.29, 0.717) is 28.7 Å². The molecule has 0 spiro atoms. The van der Waals surface area contributed by atoms with Crippen molar-refractivity contribution in [2.45, 2.75) is 37.2 Å². The summed E-state index contributed by atoms with van der Waals surface area (Å²) in [6, 6.07) is 12.2. The average Bonchev–Trinajstić information content (AvgIpc) is 3.17. The van der Waals surface area contributed by atoms with Crippen molar-refractivity contribution in [2.24, 2.45) is 0 Å².